The number of sulfonamides is 1. The maximum Gasteiger partial charge on any atom is 0.218 e. The van der Waals surface area contributed by atoms with E-state index >= 15 is 0 Å². The van der Waals surface area contributed by atoms with Crippen LogP contribution in [0.2, 0.25) is 0 Å². The summed E-state index contributed by atoms with van der Waals surface area (Å²) in [5.41, 5.74) is 0. The lowest BCUT2D eigenvalue weighted by atomic mass is 9.97. The Kier molecular flexibility index (Phi) is 5.45. The van der Waals surface area contributed by atoms with E-state index in [-0.39, 0.29) is 5.25 Å². The fourth-order valence-corrected chi connectivity index (χ4v) is 4.80. The summed E-state index contributed by atoms with van der Waals surface area (Å²) in [6.07, 6.45) is 2.33. The van der Waals surface area contributed by atoms with Crippen LogP contribution in [0.25, 0.3) is 0 Å². The van der Waals surface area contributed by atoms with Crippen molar-refractivity contribution in [3.63, 3.8) is 0 Å². The first kappa shape index (κ1) is 16.2. The molecule has 1 N–H and O–H groups in total. The van der Waals surface area contributed by atoms with E-state index in [0.717, 1.165) is 26.1 Å². The molecule has 2 saturated heterocycles. The van der Waals surface area contributed by atoms with Crippen molar-refractivity contribution >= 4 is 10.0 Å². The van der Waals surface area contributed by atoms with Gasteiger partial charge < -0.3 is 10.2 Å². The highest BCUT2D eigenvalue weighted by Gasteiger charge is 2.33. The van der Waals surface area contributed by atoms with Crippen LogP contribution < -0.4 is 5.32 Å². The maximum absolute atomic E-state index is 12.5. The summed E-state index contributed by atoms with van der Waals surface area (Å²) in [4.78, 5) is 2.47. The minimum Gasteiger partial charge on any atom is -0.314 e. The van der Waals surface area contributed by atoms with Gasteiger partial charge in [0, 0.05) is 38.8 Å². The zero-order chi connectivity index (χ0) is 14.8. The van der Waals surface area contributed by atoms with E-state index in [9.17, 15) is 8.42 Å². The second-order valence-corrected chi connectivity index (χ2v) is 8.87. The minimum absolute atomic E-state index is 0.310. The van der Waals surface area contributed by atoms with E-state index < -0.39 is 10.0 Å². The van der Waals surface area contributed by atoms with E-state index in [1.807, 2.05) is 6.92 Å². The molecule has 2 unspecified atom stereocenters. The molecule has 0 aliphatic carbocycles. The van der Waals surface area contributed by atoms with Gasteiger partial charge in [-0.25, -0.2) is 12.7 Å². The smallest absolute Gasteiger partial charge is 0.218 e. The van der Waals surface area contributed by atoms with Crippen molar-refractivity contribution in [1.29, 1.82) is 0 Å². The predicted octanol–water partition coefficient (Wildman–Crippen LogP) is 0.730. The molecular weight excluding hydrogens is 274 g/mol. The second kappa shape index (κ2) is 6.73. The van der Waals surface area contributed by atoms with Gasteiger partial charge in [0.2, 0.25) is 10.0 Å². The van der Waals surface area contributed by atoms with Crippen LogP contribution in [-0.4, -0.2) is 68.2 Å². The predicted molar refractivity (Wildman–Crippen MR) is 82.3 cm³/mol. The first-order valence-electron chi connectivity index (χ1n) is 7.85. The number of piperidine rings is 1. The number of nitrogens with one attached hydrogen (secondary N) is 1. The van der Waals surface area contributed by atoms with E-state index in [0.29, 0.717) is 31.6 Å². The van der Waals surface area contributed by atoms with Gasteiger partial charge in [0.05, 0.1) is 5.25 Å². The summed E-state index contributed by atoms with van der Waals surface area (Å²) in [6, 6.07) is 0.555. The molecule has 0 aromatic rings. The summed E-state index contributed by atoms with van der Waals surface area (Å²) in [6.45, 7) is 11.1. The summed E-state index contributed by atoms with van der Waals surface area (Å²) >= 11 is 0. The summed E-state index contributed by atoms with van der Waals surface area (Å²) in [5, 5.41) is 2.91. The molecule has 2 aliphatic heterocycles. The monoisotopic (exact) mass is 303 g/mol. The number of likely N-dealkylation sites (tertiary alicyclic amines) is 1. The van der Waals surface area contributed by atoms with Crippen LogP contribution in [0.15, 0.2) is 0 Å². The van der Waals surface area contributed by atoms with Crippen molar-refractivity contribution in [3.05, 3.63) is 0 Å². The van der Waals surface area contributed by atoms with E-state index in [4.69, 9.17) is 0 Å². The van der Waals surface area contributed by atoms with Crippen molar-refractivity contribution in [2.45, 2.75) is 44.9 Å². The van der Waals surface area contributed by atoms with Crippen molar-refractivity contribution in [2.24, 2.45) is 5.92 Å². The SMILES string of the molecule is CC(C)N1CCCC(CN2CCNCC(C)S2(=O)=O)C1. The fourth-order valence-electron chi connectivity index (χ4n) is 3.19. The molecule has 0 amide bonds. The molecule has 2 aliphatic rings. The van der Waals surface area contributed by atoms with Gasteiger partial charge in [-0.1, -0.05) is 0 Å². The zero-order valence-electron chi connectivity index (χ0n) is 13.0. The Labute approximate surface area is 123 Å². The average Bonchev–Trinajstić information content (AvgIpc) is 2.52. The first-order valence-corrected chi connectivity index (χ1v) is 9.35. The van der Waals surface area contributed by atoms with Crippen LogP contribution in [0.5, 0.6) is 0 Å². The second-order valence-electron chi connectivity index (χ2n) is 6.51. The molecule has 0 aromatic heterocycles. The quantitative estimate of drug-likeness (QED) is 0.835. The Balaban J connectivity index is 2.00. The molecular formula is C14H29N3O2S. The molecule has 118 valence electrons. The molecule has 2 heterocycles. The van der Waals surface area contributed by atoms with Crippen molar-refractivity contribution in [2.75, 3.05) is 39.3 Å². The molecule has 2 atom stereocenters. The third-order valence-electron chi connectivity index (χ3n) is 4.58. The van der Waals surface area contributed by atoms with Crippen LogP contribution in [0.3, 0.4) is 0 Å². The van der Waals surface area contributed by atoms with Crippen LogP contribution in [-0.2, 0) is 10.0 Å². The summed E-state index contributed by atoms with van der Waals surface area (Å²) in [5.74, 6) is 0.478. The van der Waals surface area contributed by atoms with Crippen molar-refractivity contribution in [1.82, 2.24) is 14.5 Å². The molecule has 0 spiro atoms. The van der Waals surface area contributed by atoms with Crippen LogP contribution in [0, 0.1) is 5.92 Å². The van der Waals surface area contributed by atoms with E-state index in [2.05, 4.69) is 24.1 Å². The van der Waals surface area contributed by atoms with Gasteiger partial charge in [-0.05, 0) is 46.1 Å². The van der Waals surface area contributed by atoms with Gasteiger partial charge >= 0.3 is 0 Å². The van der Waals surface area contributed by atoms with Gasteiger partial charge in [0.15, 0.2) is 0 Å². The molecule has 20 heavy (non-hydrogen) atoms. The van der Waals surface area contributed by atoms with E-state index in [1.165, 1.54) is 6.42 Å². The Morgan fingerprint density at radius 1 is 1.30 bits per heavy atom. The lowest BCUT2D eigenvalue weighted by molar-refractivity contribution is 0.128. The highest BCUT2D eigenvalue weighted by atomic mass is 32.2. The Morgan fingerprint density at radius 2 is 2.05 bits per heavy atom. The highest BCUT2D eigenvalue weighted by Crippen LogP contribution is 2.22. The normalized spacial score (nSPS) is 33.2. The third-order valence-corrected chi connectivity index (χ3v) is 6.82. The fraction of sp³-hybridized carbons (Fsp3) is 1.00. The molecule has 0 radical (unpaired) electrons. The minimum atomic E-state index is -3.12. The number of nitrogens with zero attached hydrogens (tertiary/aromatic N) is 2. The Bertz CT molecular complexity index is 411. The van der Waals surface area contributed by atoms with Crippen molar-refractivity contribution in [3.8, 4) is 0 Å². The third kappa shape index (κ3) is 3.72. The molecule has 0 bridgehead atoms. The Morgan fingerprint density at radius 3 is 2.75 bits per heavy atom. The van der Waals surface area contributed by atoms with Gasteiger partial charge in [-0.2, -0.15) is 0 Å². The number of hydrogen-bond donors (Lipinski definition) is 1. The van der Waals surface area contributed by atoms with Gasteiger partial charge in [0.1, 0.15) is 0 Å². The number of hydrogen-bond acceptors (Lipinski definition) is 4. The topological polar surface area (TPSA) is 52.6 Å². The van der Waals surface area contributed by atoms with Gasteiger partial charge in [-0.3, -0.25) is 0 Å². The standard InChI is InChI=1S/C14H29N3O2S/c1-12(2)16-7-4-5-14(10-16)11-17-8-6-15-9-13(3)20(17,18)19/h12-15H,4-11H2,1-3H3. The van der Waals surface area contributed by atoms with Gasteiger partial charge in [-0.15, -0.1) is 0 Å². The molecule has 5 nitrogen and oxygen atoms in total. The molecule has 0 saturated carbocycles. The first-order chi connectivity index (χ1) is 9.41. The van der Waals surface area contributed by atoms with Crippen LogP contribution in [0.1, 0.15) is 33.6 Å². The van der Waals surface area contributed by atoms with Gasteiger partial charge in [0.25, 0.3) is 0 Å². The van der Waals surface area contributed by atoms with Crippen LogP contribution in [0.4, 0.5) is 0 Å². The Hall–Kier alpha value is -0.170. The van der Waals surface area contributed by atoms with Crippen LogP contribution >= 0.6 is 0 Å². The van der Waals surface area contributed by atoms with Crippen molar-refractivity contribution < 1.29 is 8.42 Å². The lowest BCUT2D eigenvalue weighted by Crippen LogP contribution is -2.46. The maximum atomic E-state index is 12.5. The summed E-state index contributed by atoms with van der Waals surface area (Å²) in [7, 11) is -3.12. The molecule has 2 rings (SSSR count). The molecule has 6 heteroatoms. The highest BCUT2D eigenvalue weighted by molar-refractivity contribution is 7.89. The molecule has 0 aromatic carbocycles. The average molecular weight is 303 g/mol. The molecule has 2 fully saturated rings. The number of rotatable bonds is 3. The van der Waals surface area contributed by atoms with E-state index in [1.54, 1.807) is 4.31 Å². The lowest BCUT2D eigenvalue weighted by Gasteiger charge is -2.37. The largest absolute Gasteiger partial charge is 0.314 e. The summed E-state index contributed by atoms with van der Waals surface area (Å²) < 4.78 is 26.7. The zero-order valence-corrected chi connectivity index (χ0v) is 13.8.